The lowest BCUT2D eigenvalue weighted by Gasteiger charge is -2.10. The van der Waals surface area contributed by atoms with Crippen LogP contribution in [0.1, 0.15) is 0 Å². The van der Waals surface area contributed by atoms with Gasteiger partial charge < -0.3 is 5.11 Å². The van der Waals surface area contributed by atoms with Gasteiger partial charge in [-0.3, -0.25) is 0 Å². The maximum Gasteiger partial charge on any atom is 0.0727 e. The average Bonchev–Trinajstić information content (AvgIpc) is 2.44. The monoisotopic (exact) mass is 388 g/mol. The molecule has 0 fully saturated rings. The smallest absolute Gasteiger partial charge is 0.0727 e. The van der Waals surface area contributed by atoms with E-state index in [1.807, 2.05) is 42.5 Å². The van der Waals surface area contributed by atoms with Gasteiger partial charge in [-0.05, 0) is 30.3 Å². The lowest BCUT2D eigenvalue weighted by Crippen LogP contribution is -2.12. The Bertz CT molecular complexity index is 565. The molecule has 20 heavy (non-hydrogen) atoms. The van der Waals surface area contributed by atoms with Crippen LogP contribution in [-0.4, -0.2) is 22.7 Å². The summed E-state index contributed by atoms with van der Waals surface area (Å²) < 4.78 is 1.06. The summed E-state index contributed by atoms with van der Waals surface area (Å²) in [5, 5.41) is 10.8. The molecule has 0 aliphatic heterocycles. The maximum absolute atomic E-state index is 10.0. The Kier molecular flexibility index (Phi) is 6.78. The minimum Gasteiger partial charge on any atom is -0.391 e. The molecule has 2 aromatic carbocycles. The van der Waals surface area contributed by atoms with Crippen LogP contribution in [0.3, 0.4) is 0 Å². The average molecular weight is 390 g/mol. The van der Waals surface area contributed by atoms with E-state index in [0.717, 1.165) is 19.3 Å². The molecule has 0 saturated carbocycles. The molecule has 0 aliphatic carbocycles. The molecule has 1 N–H and O–H groups in total. The van der Waals surface area contributed by atoms with Crippen LogP contribution in [0.25, 0.3) is 0 Å². The highest BCUT2D eigenvalue weighted by Gasteiger charge is 2.08. The molecule has 2 aromatic rings. The molecule has 1 unspecified atom stereocenters. The Balaban J connectivity index is 1.78. The number of aliphatic hydroxyl groups excluding tert-OH is 1. The van der Waals surface area contributed by atoms with E-state index >= 15 is 0 Å². The van der Waals surface area contributed by atoms with E-state index in [1.54, 1.807) is 23.5 Å². The number of hydrogen-bond acceptors (Lipinski definition) is 3. The molecule has 106 valence electrons. The van der Waals surface area contributed by atoms with E-state index in [2.05, 4.69) is 22.0 Å². The van der Waals surface area contributed by atoms with Gasteiger partial charge in [0.1, 0.15) is 0 Å². The summed E-state index contributed by atoms with van der Waals surface area (Å²) in [6, 6.07) is 15.8. The predicted molar refractivity (Wildman–Crippen MR) is 93.0 cm³/mol. The first kappa shape index (κ1) is 16.2. The van der Waals surface area contributed by atoms with Crippen LogP contribution in [0.15, 0.2) is 62.8 Å². The van der Waals surface area contributed by atoms with Crippen molar-refractivity contribution in [3.8, 4) is 0 Å². The summed E-state index contributed by atoms with van der Waals surface area (Å²) in [5.74, 6) is 1.32. The van der Waals surface area contributed by atoms with Crippen LogP contribution in [0.4, 0.5) is 0 Å². The van der Waals surface area contributed by atoms with Crippen LogP contribution < -0.4 is 0 Å². The summed E-state index contributed by atoms with van der Waals surface area (Å²) in [7, 11) is 0. The molecule has 0 radical (unpaired) electrons. The molecule has 0 heterocycles. The fourth-order valence-electron chi connectivity index (χ4n) is 1.55. The predicted octanol–water partition coefficient (Wildman–Crippen LogP) is 5.35. The van der Waals surface area contributed by atoms with Crippen LogP contribution in [-0.2, 0) is 0 Å². The first-order valence-corrected chi connectivity index (χ1v) is 9.23. The maximum atomic E-state index is 10.0. The number of hydrogen-bond donors (Lipinski definition) is 1. The fourth-order valence-corrected chi connectivity index (χ4v) is 4.30. The Labute approximate surface area is 141 Å². The van der Waals surface area contributed by atoms with Crippen LogP contribution in [0, 0.1) is 0 Å². The zero-order valence-electron chi connectivity index (χ0n) is 10.6. The van der Waals surface area contributed by atoms with Crippen LogP contribution in [0.5, 0.6) is 0 Å². The summed E-state index contributed by atoms with van der Waals surface area (Å²) in [6.07, 6.45) is -0.361. The molecule has 2 rings (SSSR count). The lowest BCUT2D eigenvalue weighted by molar-refractivity contribution is 0.225. The van der Waals surface area contributed by atoms with Crippen LogP contribution in [0.2, 0.25) is 5.02 Å². The fraction of sp³-hybridized carbons (Fsp3) is 0.200. The highest BCUT2D eigenvalue weighted by atomic mass is 79.9. The van der Waals surface area contributed by atoms with Gasteiger partial charge in [-0.1, -0.05) is 45.7 Å². The Hall–Kier alpha value is -0.130. The molecule has 0 aromatic heterocycles. The van der Waals surface area contributed by atoms with Gasteiger partial charge in [-0.25, -0.2) is 0 Å². The van der Waals surface area contributed by atoms with Crippen molar-refractivity contribution >= 4 is 51.1 Å². The molecule has 0 bridgehead atoms. The summed E-state index contributed by atoms with van der Waals surface area (Å²) in [4.78, 5) is 2.17. The van der Waals surface area contributed by atoms with Crippen molar-refractivity contribution in [2.24, 2.45) is 0 Å². The SMILES string of the molecule is OC(CSc1cccc(Br)c1)CSc1ccccc1Cl. The largest absolute Gasteiger partial charge is 0.391 e. The van der Waals surface area contributed by atoms with Gasteiger partial charge >= 0.3 is 0 Å². The van der Waals surface area contributed by atoms with E-state index < -0.39 is 0 Å². The van der Waals surface area contributed by atoms with Gasteiger partial charge in [0.05, 0.1) is 11.1 Å². The van der Waals surface area contributed by atoms with Gasteiger partial charge in [0.15, 0.2) is 0 Å². The minimum absolute atomic E-state index is 0.361. The second-order valence-corrected chi connectivity index (χ2v) is 7.64. The standard InChI is InChI=1S/C15H14BrClOS2/c16-11-4-3-5-13(8-11)19-9-12(18)10-20-15-7-2-1-6-14(15)17/h1-8,12,18H,9-10H2. The number of rotatable bonds is 6. The third-order valence-corrected chi connectivity index (χ3v) is 5.80. The number of thioether (sulfide) groups is 2. The molecular formula is C15H14BrClOS2. The quantitative estimate of drug-likeness (QED) is 0.673. The topological polar surface area (TPSA) is 20.2 Å². The summed E-state index contributed by atoms with van der Waals surface area (Å²) in [6.45, 7) is 0. The highest BCUT2D eigenvalue weighted by molar-refractivity contribution is 9.10. The van der Waals surface area contributed by atoms with Crippen molar-refractivity contribution in [2.45, 2.75) is 15.9 Å². The molecule has 0 amide bonds. The van der Waals surface area contributed by atoms with Crippen molar-refractivity contribution in [1.29, 1.82) is 0 Å². The molecule has 0 saturated heterocycles. The molecule has 0 spiro atoms. The Morgan fingerprint density at radius 1 is 1.05 bits per heavy atom. The lowest BCUT2D eigenvalue weighted by atomic mass is 10.4. The summed E-state index contributed by atoms with van der Waals surface area (Å²) >= 11 is 12.8. The van der Waals surface area contributed by atoms with E-state index in [-0.39, 0.29) is 6.10 Å². The molecule has 1 atom stereocenters. The van der Waals surface area contributed by atoms with E-state index in [4.69, 9.17) is 11.6 Å². The van der Waals surface area contributed by atoms with Crippen LogP contribution >= 0.6 is 51.1 Å². The Morgan fingerprint density at radius 3 is 2.55 bits per heavy atom. The summed E-state index contributed by atoms with van der Waals surface area (Å²) in [5.41, 5.74) is 0. The van der Waals surface area contributed by atoms with Gasteiger partial charge in [0.25, 0.3) is 0 Å². The molecule has 1 nitrogen and oxygen atoms in total. The first-order valence-electron chi connectivity index (χ1n) is 6.09. The highest BCUT2D eigenvalue weighted by Crippen LogP contribution is 2.28. The third kappa shape index (κ3) is 5.34. The number of halogens is 2. The van der Waals surface area contributed by atoms with Gasteiger partial charge in [-0.2, -0.15) is 0 Å². The van der Waals surface area contributed by atoms with Crippen molar-refractivity contribution in [1.82, 2.24) is 0 Å². The van der Waals surface area contributed by atoms with Gasteiger partial charge in [-0.15, -0.1) is 23.5 Å². The molecule has 5 heteroatoms. The van der Waals surface area contributed by atoms with E-state index in [0.29, 0.717) is 11.5 Å². The second-order valence-electron chi connectivity index (χ2n) is 4.16. The zero-order chi connectivity index (χ0) is 14.4. The first-order chi connectivity index (χ1) is 9.65. The van der Waals surface area contributed by atoms with Crippen molar-refractivity contribution in [2.75, 3.05) is 11.5 Å². The van der Waals surface area contributed by atoms with Crippen molar-refractivity contribution in [3.63, 3.8) is 0 Å². The number of benzene rings is 2. The van der Waals surface area contributed by atoms with E-state index in [1.165, 1.54) is 0 Å². The second kappa shape index (κ2) is 8.35. The number of aliphatic hydroxyl groups is 1. The van der Waals surface area contributed by atoms with E-state index in [9.17, 15) is 5.11 Å². The van der Waals surface area contributed by atoms with Crippen molar-refractivity contribution in [3.05, 3.63) is 58.0 Å². The zero-order valence-corrected chi connectivity index (χ0v) is 14.6. The Morgan fingerprint density at radius 2 is 1.80 bits per heavy atom. The van der Waals surface area contributed by atoms with Gasteiger partial charge in [0.2, 0.25) is 0 Å². The van der Waals surface area contributed by atoms with Gasteiger partial charge in [0, 0.05) is 25.8 Å². The van der Waals surface area contributed by atoms with Crippen molar-refractivity contribution < 1.29 is 5.11 Å². The molecule has 0 aliphatic rings. The minimum atomic E-state index is -0.361. The normalized spacial score (nSPS) is 12.3. The third-order valence-electron chi connectivity index (χ3n) is 2.51. The molecular weight excluding hydrogens is 376 g/mol.